The molecular formula is C9H22N2. The van der Waals surface area contributed by atoms with E-state index in [1.165, 1.54) is 6.42 Å². The van der Waals surface area contributed by atoms with E-state index in [0.717, 1.165) is 25.4 Å². The van der Waals surface area contributed by atoms with Crippen LogP contribution in [-0.2, 0) is 0 Å². The zero-order chi connectivity index (χ0) is 8.69. The number of hydrogen-bond acceptors (Lipinski definition) is 2. The van der Waals surface area contributed by atoms with Crippen LogP contribution in [0.1, 0.15) is 33.6 Å². The van der Waals surface area contributed by atoms with Crippen LogP contribution in [0.25, 0.3) is 0 Å². The van der Waals surface area contributed by atoms with Gasteiger partial charge in [-0.25, -0.2) is 0 Å². The van der Waals surface area contributed by atoms with Gasteiger partial charge < -0.3 is 11.1 Å². The second kappa shape index (κ2) is 6.62. The Labute approximate surface area is 70.5 Å². The van der Waals surface area contributed by atoms with Gasteiger partial charge in [0.25, 0.3) is 0 Å². The van der Waals surface area contributed by atoms with Crippen molar-refractivity contribution in [3.8, 4) is 0 Å². The van der Waals surface area contributed by atoms with Gasteiger partial charge in [0.2, 0.25) is 0 Å². The highest BCUT2D eigenvalue weighted by atomic mass is 14.8. The molecule has 1 unspecified atom stereocenters. The first-order valence-corrected chi connectivity index (χ1v) is 4.59. The van der Waals surface area contributed by atoms with Gasteiger partial charge in [-0.3, -0.25) is 0 Å². The van der Waals surface area contributed by atoms with E-state index in [-0.39, 0.29) is 0 Å². The summed E-state index contributed by atoms with van der Waals surface area (Å²) in [6.07, 6.45) is 2.33. The maximum absolute atomic E-state index is 5.61. The third-order valence-corrected chi connectivity index (χ3v) is 1.57. The van der Waals surface area contributed by atoms with Gasteiger partial charge in [-0.1, -0.05) is 13.8 Å². The predicted molar refractivity (Wildman–Crippen MR) is 50.6 cm³/mol. The van der Waals surface area contributed by atoms with E-state index in [2.05, 4.69) is 26.1 Å². The largest absolute Gasteiger partial charge is 0.328 e. The Hall–Kier alpha value is -0.0800. The molecule has 0 heterocycles. The van der Waals surface area contributed by atoms with Crippen LogP contribution in [0.15, 0.2) is 0 Å². The van der Waals surface area contributed by atoms with Gasteiger partial charge in [0.15, 0.2) is 0 Å². The molecule has 0 aliphatic heterocycles. The lowest BCUT2D eigenvalue weighted by molar-refractivity contribution is 0.521. The zero-order valence-corrected chi connectivity index (χ0v) is 8.06. The molecule has 0 saturated carbocycles. The SMILES string of the molecule is CC(C)CNCCCC(C)N. The Kier molecular flexibility index (Phi) is 6.57. The molecule has 3 N–H and O–H groups in total. The highest BCUT2D eigenvalue weighted by Crippen LogP contribution is 1.92. The molecule has 0 rings (SSSR count). The average Bonchev–Trinajstić information content (AvgIpc) is 1.85. The predicted octanol–water partition coefficient (Wildman–Crippen LogP) is 1.36. The first-order chi connectivity index (χ1) is 5.13. The van der Waals surface area contributed by atoms with Crippen LogP contribution in [-0.4, -0.2) is 19.1 Å². The molecule has 0 saturated heterocycles. The van der Waals surface area contributed by atoms with Gasteiger partial charge >= 0.3 is 0 Å². The average molecular weight is 158 g/mol. The molecule has 0 bridgehead atoms. The van der Waals surface area contributed by atoms with Crippen LogP contribution < -0.4 is 11.1 Å². The lowest BCUT2D eigenvalue weighted by Crippen LogP contribution is -2.23. The van der Waals surface area contributed by atoms with Crippen LogP contribution >= 0.6 is 0 Å². The van der Waals surface area contributed by atoms with Crippen molar-refractivity contribution in [2.75, 3.05) is 13.1 Å². The van der Waals surface area contributed by atoms with Crippen LogP contribution in [0.4, 0.5) is 0 Å². The third kappa shape index (κ3) is 9.92. The van der Waals surface area contributed by atoms with E-state index in [1.54, 1.807) is 0 Å². The summed E-state index contributed by atoms with van der Waals surface area (Å²) < 4.78 is 0. The van der Waals surface area contributed by atoms with Crippen molar-refractivity contribution in [1.29, 1.82) is 0 Å². The molecule has 11 heavy (non-hydrogen) atoms. The van der Waals surface area contributed by atoms with Crippen molar-refractivity contribution in [2.24, 2.45) is 11.7 Å². The summed E-state index contributed by atoms with van der Waals surface area (Å²) in [5.74, 6) is 0.755. The Balaban J connectivity index is 2.91. The number of nitrogens with two attached hydrogens (primary N) is 1. The van der Waals surface area contributed by atoms with Crippen molar-refractivity contribution < 1.29 is 0 Å². The molecule has 0 radical (unpaired) electrons. The van der Waals surface area contributed by atoms with Crippen molar-refractivity contribution in [3.63, 3.8) is 0 Å². The fraction of sp³-hybridized carbons (Fsp3) is 1.00. The van der Waals surface area contributed by atoms with Crippen LogP contribution in [0.2, 0.25) is 0 Å². The monoisotopic (exact) mass is 158 g/mol. The minimum atomic E-state index is 0.357. The minimum Gasteiger partial charge on any atom is -0.328 e. The molecule has 2 nitrogen and oxygen atoms in total. The van der Waals surface area contributed by atoms with E-state index in [1.807, 2.05) is 0 Å². The number of rotatable bonds is 6. The quantitative estimate of drug-likeness (QED) is 0.573. The summed E-state index contributed by atoms with van der Waals surface area (Å²) in [6, 6.07) is 0.357. The molecule has 0 aliphatic rings. The van der Waals surface area contributed by atoms with Crippen LogP contribution in [0, 0.1) is 5.92 Å². The fourth-order valence-corrected chi connectivity index (χ4v) is 0.940. The maximum Gasteiger partial charge on any atom is 0.00109 e. The fourth-order valence-electron chi connectivity index (χ4n) is 0.940. The molecule has 1 atom stereocenters. The van der Waals surface area contributed by atoms with E-state index in [0.29, 0.717) is 6.04 Å². The normalized spacial score (nSPS) is 13.9. The summed E-state index contributed by atoms with van der Waals surface area (Å²) in [7, 11) is 0. The maximum atomic E-state index is 5.61. The van der Waals surface area contributed by atoms with Gasteiger partial charge in [-0.15, -0.1) is 0 Å². The van der Waals surface area contributed by atoms with Crippen molar-refractivity contribution in [3.05, 3.63) is 0 Å². The lowest BCUT2D eigenvalue weighted by Gasteiger charge is -2.08. The number of hydrogen-bond donors (Lipinski definition) is 2. The molecule has 0 aliphatic carbocycles. The van der Waals surface area contributed by atoms with E-state index in [4.69, 9.17) is 5.73 Å². The summed E-state index contributed by atoms with van der Waals surface area (Å²) >= 11 is 0. The molecule has 68 valence electrons. The Morgan fingerprint density at radius 3 is 2.36 bits per heavy atom. The number of nitrogens with one attached hydrogen (secondary N) is 1. The second-order valence-electron chi connectivity index (χ2n) is 3.72. The Morgan fingerprint density at radius 1 is 1.27 bits per heavy atom. The summed E-state index contributed by atoms with van der Waals surface area (Å²) in [5.41, 5.74) is 5.61. The van der Waals surface area contributed by atoms with Gasteiger partial charge in [0.05, 0.1) is 0 Å². The standard InChI is InChI=1S/C9H22N2/c1-8(2)7-11-6-4-5-9(3)10/h8-9,11H,4-7,10H2,1-3H3. The molecule has 0 fully saturated rings. The topological polar surface area (TPSA) is 38.0 Å². The van der Waals surface area contributed by atoms with E-state index < -0.39 is 0 Å². The summed E-state index contributed by atoms with van der Waals surface area (Å²) in [4.78, 5) is 0. The molecule has 0 amide bonds. The zero-order valence-electron chi connectivity index (χ0n) is 8.06. The molecule has 0 aromatic heterocycles. The Bertz CT molecular complexity index is 69.6. The van der Waals surface area contributed by atoms with E-state index >= 15 is 0 Å². The van der Waals surface area contributed by atoms with Gasteiger partial charge in [-0.05, 0) is 38.8 Å². The summed E-state index contributed by atoms with van der Waals surface area (Å²) in [6.45, 7) is 8.73. The molecule has 2 heteroatoms. The highest BCUT2D eigenvalue weighted by Gasteiger charge is 1.94. The molecule has 0 aromatic rings. The van der Waals surface area contributed by atoms with Gasteiger partial charge in [0, 0.05) is 6.04 Å². The van der Waals surface area contributed by atoms with Gasteiger partial charge in [-0.2, -0.15) is 0 Å². The lowest BCUT2D eigenvalue weighted by atomic mass is 10.2. The minimum absolute atomic E-state index is 0.357. The van der Waals surface area contributed by atoms with Gasteiger partial charge in [0.1, 0.15) is 0 Å². The first kappa shape index (κ1) is 10.9. The van der Waals surface area contributed by atoms with Crippen molar-refractivity contribution in [2.45, 2.75) is 39.7 Å². The highest BCUT2D eigenvalue weighted by molar-refractivity contribution is 4.56. The smallest absolute Gasteiger partial charge is 0.00109 e. The molecule has 0 aromatic carbocycles. The second-order valence-corrected chi connectivity index (χ2v) is 3.72. The first-order valence-electron chi connectivity index (χ1n) is 4.59. The van der Waals surface area contributed by atoms with Crippen LogP contribution in [0.5, 0.6) is 0 Å². The third-order valence-electron chi connectivity index (χ3n) is 1.57. The Morgan fingerprint density at radius 2 is 1.91 bits per heavy atom. The van der Waals surface area contributed by atoms with Crippen molar-refractivity contribution >= 4 is 0 Å². The van der Waals surface area contributed by atoms with Crippen LogP contribution in [0.3, 0.4) is 0 Å². The summed E-state index contributed by atoms with van der Waals surface area (Å²) in [5, 5.41) is 3.38. The molecular weight excluding hydrogens is 136 g/mol. The molecule has 0 spiro atoms. The van der Waals surface area contributed by atoms with Crippen molar-refractivity contribution in [1.82, 2.24) is 5.32 Å². The van der Waals surface area contributed by atoms with E-state index in [9.17, 15) is 0 Å².